The second kappa shape index (κ2) is 9.37. The number of nitrogens with one attached hydrogen (secondary N) is 1. The number of benzene rings is 2. The Morgan fingerprint density at radius 3 is 2.06 bits per heavy atom. The number of amides is 1. The van der Waals surface area contributed by atoms with Crippen LogP contribution in [-0.2, 0) is 15.5 Å². The van der Waals surface area contributed by atoms with Crippen molar-refractivity contribution in [2.24, 2.45) is 0 Å². The number of sulfone groups is 1. The van der Waals surface area contributed by atoms with E-state index in [4.69, 9.17) is 11.6 Å². The van der Waals surface area contributed by atoms with Gasteiger partial charge in [0.25, 0.3) is 5.91 Å². The van der Waals surface area contributed by atoms with Gasteiger partial charge in [-0.2, -0.15) is 26.3 Å². The van der Waals surface area contributed by atoms with E-state index in [1.54, 1.807) is 0 Å². The molecule has 13 heteroatoms. The molecule has 0 saturated heterocycles. The SMILES string of the molecule is Cc1cc(C(F)(C(F)(F)F)C(F)(F)F)ccc1NC(=O)c1cccc(Cl)c1[C@H](C)CS(C)(=O)=O. The van der Waals surface area contributed by atoms with Gasteiger partial charge in [-0.3, -0.25) is 4.79 Å². The molecule has 0 fully saturated rings. The molecule has 1 amide bonds. The average Bonchev–Trinajstić information content (AvgIpc) is 2.65. The van der Waals surface area contributed by atoms with Crippen LogP contribution in [0.2, 0.25) is 5.02 Å². The number of alkyl halides is 7. The minimum absolute atomic E-state index is 0.0439. The molecule has 0 bridgehead atoms. The first kappa shape index (κ1) is 27.9. The second-order valence-electron chi connectivity index (χ2n) is 7.83. The Kier molecular flexibility index (Phi) is 7.69. The average molecular weight is 534 g/mol. The first-order chi connectivity index (χ1) is 15.3. The van der Waals surface area contributed by atoms with Crippen LogP contribution in [0.4, 0.5) is 36.4 Å². The summed E-state index contributed by atoms with van der Waals surface area (Å²) in [7, 11) is -3.45. The molecule has 2 rings (SSSR count). The summed E-state index contributed by atoms with van der Waals surface area (Å²) in [6, 6.07) is 5.53. The molecule has 188 valence electrons. The summed E-state index contributed by atoms with van der Waals surface area (Å²) in [5, 5.41) is 2.43. The fourth-order valence-corrected chi connectivity index (χ4v) is 4.90. The van der Waals surface area contributed by atoms with E-state index in [1.165, 1.54) is 25.1 Å². The van der Waals surface area contributed by atoms with Crippen molar-refractivity contribution in [1.82, 2.24) is 0 Å². The summed E-state index contributed by atoms with van der Waals surface area (Å²) >= 11 is 6.16. The van der Waals surface area contributed by atoms with Gasteiger partial charge in [0.15, 0.2) is 0 Å². The summed E-state index contributed by atoms with van der Waals surface area (Å²) < 4.78 is 116. The molecule has 0 saturated carbocycles. The van der Waals surface area contributed by atoms with Crippen molar-refractivity contribution in [3.8, 4) is 0 Å². The molecule has 1 atom stereocenters. The van der Waals surface area contributed by atoms with Gasteiger partial charge < -0.3 is 5.32 Å². The van der Waals surface area contributed by atoms with Crippen LogP contribution in [0.25, 0.3) is 0 Å². The van der Waals surface area contributed by atoms with Crippen molar-refractivity contribution in [2.75, 3.05) is 17.3 Å². The predicted octanol–water partition coefficient (Wildman–Crippen LogP) is 6.34. The third kappa shape index (κ3) is 5.65. The first-order valence-electron chi connectivity index (χ1n) is 9.50. The van der Waals surface area contributed by atoms with E-state index < -0.39 is 45.2 Å². The lowest BCUT2D eigenvalue weighted by Gasteiger charge is -2.30. The van der Waals surface area contributed by atoms with Gasteiger partial charge in [-0.1, -0.05) is 36.7 Å². The standard InChI is InChI=1S/C21H19ClF7NO3S/c1-11-9-13(19(23,20(24,25)26)21(27,28)29)7-8-16(11)30-18(31)14-5-4-6-15(22)17(14)12(2)10-34(3,32)33/h4-9,12H,10H2,1-3H3,(H,30,31)/t12-/m1/s1. The number of hydrogen-bond donors (Lipinski definition) is 1. The van der Waals surface area contributed by atoms with Gasteiger partial charge >= 0.3 is 18.0 Å². The molecule has 4 nitrogen and oxygen atoms in total. The molecular weight excluding hydrogens is 515 g/mol. The van der Waals surface area contributed by atoms with E-state index in [9.17, 15) is 43.9 Å². The molecule has 0 aliphatic heterocycles. The lowest BCUT2D eigenvalue weighted by Crippen LogP contribution is -2.50. The molecule has 0 heterocycles. The van der Waals surface area contributed by atoms with Crippen LogP contribution in [0.5, 0.6) is 0 Å². The largest absolute Gasteiger partial charge is 0.435 e. The summed E-state index contributed by atoms with van der Waals surface area (Å²) in [5.74, 6) is -1.89. The van der Waals surface area contributed by atoms with Crippen LogP contribution in [0.1, 0.15) is 39.9 Å². The van der Waals surface area contributed by atoms with Crippen LogP contribution in [-0.4, -0.2) is 38.7 Å². The third-order valence-electron chi connectivity index (χ3n) is 5.00. The summed E-state index contributed by atoms with van der Waals surface area (Å²) in [5.41, 5.74) is -7.59. The van der Waals surface area contributed by atoms with Gasteiger partial charge in [-0.15, -0.1) is 0 Å². The molecule has 0 radical (unpaired) electrons. The molecule has 34 heavy (non-hydrogen) atoms. The van der Waals surface area contributed by atoms with E-state index in [2.05, 4.69) is 5.32 Å². The topological polar surface area (TPSA) is 63.2 Å². The fraction of sp³-hybridized carbons (Fsp3) is 0.381. The Balaban J connectivity index is 2.46. The smallest absolute Gasteiger partial charge is 0.322 e. The highest BCUT2D eigenvalue weighted by Crippen LogP contribution is 2.53. The van der Waals surface area contributed by atoms with Crippen molar-refractivity contribution < 1.29 is 43.9 Å². The minimum Gasteiger partial charge on any atom is -0.322 e. The lowest BCUT2D eigenvalue weighted by molar-refractivity contribution is -0.348. The highest BCUT2D eigenvalue weighted by Gasteiger charge is 2.73. The molecule has 0 aromatic heterocycles. The lowest BCUT2D eigenvalue weighted by atomic mass is 9.92. The molecule has 2 aromatic carbocycles. The van der Waals surface area contributed by atoms with Crippen molar-refractivity contribution in [1.29, 1.82) is 0 Å². The van der Waals surface area contributed by atoms with E-state index in [1.807, 2.05) is 0 Å². The van der Waals surface area contributed by atoms with E-state index in [0.29, 0.717) is 6.07 Å². The highest BCUT2D eigenvalue weighted by molar-refractivity contribution is 7.90. The second-order valence-corrected chi connectivity index (χ2v) is 10.4. The third-order valence-corrected chi connectivity index (χ3v) is 6.43. The monoisotopic (exact) mass is 533 g/mol. The Morgan fingerprint density at radius 2 is 1.59 bits per heavy atom. The Hall–Kier alpha value is -2.34. The number of carbonyl (C=O) groups excluding carboxylic acids is 1. The molecule has 2 aromatic rings. The van der Waals surface area contributed by atoms with Gasteiger partial charge in [0.2, 0.25) is 0 Å². The number of halogens is 8. The number of hydrogen-bond acceptors (Lipinski definition) is 3. The van der Waals surface area contributed by atoms with Crippen LogP contribution in [0.15, 0.2) is 36.4 Å². The molecule has 0 spiro atoms. The van der Waals surface area contributed by atoms with Crippen molar-refractivity contribution in [2.45, 2.75) is 37.8 Å². The van der Waals surface area contributed by atoms with Crippen LogP contribution in [0.3, 0.4) is 0 Å². The van der Waals surface area contributed by atoms with E-state index >= 15 is 0 Å². The normalized spacial score (nSPS) is 14.1. The molecule has 1 N–H and O–H groups in total. The molecular formula is C21H19ClF7NO3S. The van der Waals surface area contributed by atoms with E-state index in [-0.39, 0.29) is 39.2 Å². The Morgan fingerprint density at radius 1 is 1.03 bits per heavy atom. The zero-order chi connectivity index (χ0) is 26.3. The van der Waals surface area contributed by atoms with Gasteiger partial charge in [0.05, 0.1) is 5.75 Å². The number of anilines is 1. The summed E-state index contributed by atoms with van der Waals surface area (Å²) in [6.45, 7) is 2.62. The van der Waals surface area contributed by atoms with Gasteiger partial charge in [-0.25, -0.2) is 12.8 Å². The highest BCUT2D eigenvalue weighted by atomic mass is 35.5. The molecule has 0 unspecified atom stereocenters. The summed E-state index contributed by atoms with van der Waals surface area (Å²) in [4.78, 5) is 12.9. The van der Waals surface area contributed by atoms with Crippen LogP contribution >= 0.6 is 11.6 Å². The van der Waals surface area contributed by atoms with Gasteiger partial charge in [0.1, 0.15) is 9.84 Å². The quantitative estimate of drug-likeness (QED) is 0.441. The summed E-state index contributed by atoms with van der Waals surface area (Å²) in [6.07, 6.45) is -11.5. The minimum atomic E-state index is -6.27. The van der Waals surface area contributed by atoms with Crippen molar-refractivity contribution in [3.63, 3.8) is 0 Å². The molecule has 0 aliphatic carbocycles. The maximum absolute atomic E-state index is 14.3. The van der Waals surface area contributed by atoms with E-state index in [0.717, 1.165) is 19.2 Å². The number of carbonyl (C=O) groups is 1. The maximum Gasteiger partial charge on any atom is 0.435 e. The maximum atomic E-state index is 14.3. The predicted molar refractivity (Wildman–Crippen MR) is 114 cm³/mol. The van der Waals surface area contributed by atoms with Gasteiger partial charge in [-0.05, 0) is 42.2 Å². The van der Waals surface area contributed by atoms with Crippen molar-refractivity contribution in [3.05, 3.63) is 63.7 Å². The van der Waals surface area contributed by atoms with Crippen LogP contribution in [0, 0.1) is 6.92 Å². The number of aryl methyl sites for hydroxylation is 1. The van der Waals surface area contributed by atoms with Crippen molar-refractivity contribution >= 4 is 33.0 Å². The first-order valence-corrected chi connectivity index (χ1v) is 11.9. The van der Waals surface area contributed by atoms with Gasteiger partial charge in [0, 0.05) is 28.1 Å². The molecule has 0 aliphatic rings. The fourth-order valence-electron chi connectivity index (χ4n) is 3.47. The zero-order valence-electron chi connectivity index (χ0n) is 17.9. The number of rotatable bonds is 6. The zero-order valence-corrected chi connectivity index (χ0v) is 19.5. The Bertz CT molecular complexity index is 1180. The Labute approximate surface area is 196 Å². The van der Waals surface area contributed by atoms with Crippen LogP contribution < -0.4 is 5.32 Å².